The molecule has 7 nitrogen and oxygen atoms in total. The Balaban J connectivity index is 1.36. The molecule has 2 aromatic heterocycles. The van der Waals surface area contributed by atoms with Gasteiger partial charge in [-0.3, -0.25) is 0 Å². The lowest BCUT2D eigenvalue weighted by Gasteiger charge is -2.05. The maximum absolute atomic E-state index is 12.1. The van der Waals surface area contributed by atoms with Gasteiger partial charge in [0.05, 0.1) is 5.75 Å². The van der Waals surface area contributed by atoms with Crippen molar-refractivity contribution in [3.05, 3.63) is 46.7 Å². The number of hydrogen-bond donors (Lipinski definition) is 1. The fraction of sp³-hybridized carbons (Fsp3) is 0.400. The monoisotopic (exact) mass is 363 g/mol. The van der Waals surface area contributed by atoms with Crippen molar-refractivity contribution >= 4 is 26.3 Å². The van der Waals surface area contributed by atoms with Crippen LogP contribution in [-0.4, -0.2) is 34.8 Å². The highest BCUT2D eigenvalue weighted by molar-refractivity contribution is 7.88. The van der Waals surface area contributed by atoms with Crippen LogP contribution in [0.15, 0.2) is 30.3 Å². The second-order valence-electron chi connectivity index (χ2n) is 5.91. The quantitative estimate of drug-likeness (QED) is 0.690. The summed E-state index contributed by atoms with van der Waals surface area (Å²) in [5.74, 6) is 1.40. The largest absolute Gasteiger partial charge is 0.234 e. The van der Waals surface area contributed by atoms with E-state index >= 15 is 0 Å². The van der Waals surface area contributed by atoms with E-state index in [-0.39, 0.29) is 5.75 Å². The van der Waals surface area contributed by atoms with Gasteiger partial charge in [-0.1, -0.05) is 41.7 Å². The molecule has 1 fully saturated rings. The van der Waals surface area contributed by atoms with E-state index in [9.17, 15) is 8.42 Å². The van der Waals surface area contributed by atoms with Crippen molar-refractivity contribution in [2.24, 2.45) is 0 Å². The Bertz CT molecular complexity index is 945. The summed E-state index contributed by atoms with van der Waals surface area (Å²) in [6.45, 7) is 0.331. The van der Waals surface area contributed by atoms with E-state index in [0.717, 1.165) is 34.2 Å². The summed E-state index contributed by atoms with van der Waals surface area (Å²) < 4.78 is 28.7. The van der Waals surface area contributed by atoms with Crippen LogP contribution in [0, 0.1) is 0 Å². The van der Waals surface area contributed by atoms with E-state index in [1.807, 2.05) is 30.3 Å². The molecule has 0 unspecified atom stereocenters. The van der Waals surface area contributed by atoms with E-state index in [0.29, 0.717) is 18.9 Å². The summed E-state index contributed by atoms with van der Waals surface area (Å²) >= 11 is 1.46. The Kier molecular flexibility index (Phi) is 4.07. The van der Waals surface area contributed by atoms with Crippen LogP contribution in [0.1, 0.15) is 35.2 Å². The van der Waals surface area contributed by atoms with Gasteiger partial charge < -0.3 is 0 Å². The molecule has 0 radical (unpaired) electrons. The SMILES string of the molecule is O=S(=O)(Cc1ccccc1)NCCc1nn2c(C3CC3)nnc2s1. The lowest BCUT2D eigenvalue weighted by Crippen LogP contribution is -2.27. The van der Waals surface area contributed by atoms with Gasteiger partial charge in [0.25, 0.3) is 0 Å². The van der Waals surface area contributed by atoms with E-state index in [1.165, 1.54) is 11.3 Å². The summed E-state index contributed by atoms with van der Waals surface area (Å²) in [7, 11) is -3.34. The zero-order chi connectivity index (χ0) is 16.6. The molecule has 0 saturated heterocycles. The molecule has 0 amide bonds. The van der Waals surface area contributed by atoms with Gasteiger partial charge in [0.2, 0.25) is 15.0 Å². The zero-order valence-electron chi connectivity index (χ0n) is 12.9. The van der Waals surface area contributed by atoms with Crippen LogP contribution in [0.2, 0.25) is 0 Å². The van der Waals surface area contributed by atoms with Crippen molar-refractivity contribution < 1.29 is 8.42 Å². The number of rotatable bonds is 7. The third kappa shape index (κ3) is 3.47. The summed E-state index contributed by atoms with van der Waals surface area (Å²) in [5, 5.41) is 13.7. The van der Waals surface area contributed by atoms with Gasteiger partial charge in [0.1, 0.15) is 5.01 Å². The predicted octanol–water partition coefficient (Wildman–Crippen LogP) is 1.73. The molecule has 1 aliphatic carbocycles. The highest BCUT2D eigenvalue weighted by Gasteiger charge is 2.30. The van der Waals surface area contributed by atoms with Crippen LogP contribution in [-0.2, 0) is 22.2 Å². The molecule has 4 rings (SSSR count). The van der Waals surface area contributed by atoms with Crippen LogP contribution in [0.3, 0.4) is 0 Å². The van der Waals surface area contributed by atoms with Crippen LogP contribution < -0.4 is 4.72 Å². The topological polar surface area (TPSA) is 89.2 Å². The van der Waals surface area contributed by atoms with Gasteiger partial charge in [0.15, 0.2) is 5.82 Å². The molecule has 1 N–H and O–H groups in total. The predicted molar refractivity (Wildman–Crippen MR) is 91.4 cm³/mol. The van der Waals surface area contributed by atoms with Crippen molar-refractivity contribution in [2.45, 2.75) is 30.9 Å². The third-order valence-corrected chi connectivity index (χ3v) is 6.18. The average molecular weight is 363 g/mol. The minimum Gasteiger partial charge on any atom is -0.215 e. The molecule has 24 heavy (non-hydrogen) atoms. The molecule has 0 bridgehead atoms. The van der Waals surface area contributed by atoms with Crippen molar-refractivity contribution in [3.63, 3.8) is 0 Å². The molecule has 0 atom stereocenters. The molecule has 9 heteroatoms. The Morgan fingerprint density at radius 2 is 2.00 bits per heavy atom. The molecule has 3 aromatic rings. The van der Waals surface area contributed by atoms with Crippen LogP contribution >= 0.6 is 11.3 Å². The first-order chi connectivity index (χ1) is 11.6. The van der Waals surface area contributed by atoms with Crippen molar-refractivity contribution in [3.8, 4) is 0 Å². The van der Waals surface area contributed by atoms with E-state index in [4.69, 9.17) is 0 Å². The second-order valence-corrected chi connectivity index (χ2v) is 8.76. The Morgan fingerprint density at radius 1 is 1.21 bits per heavy atom. The molecule has 1 aliphatic rings. The first-order valence-electron chi connectivity index (χ1n) is 7.83. The Labute approximate surface area is 143 Å². The molecule has 0 aliphatic heterocycles. The van der Waals surface area contributed by atoms with Gasteiger partial charge in [-0.15, -0.1) is 10.2 Å². The van der Waals surface area contributed by atoms with Gasteiger partial charge in [-0.25, -0.2) is 13.1 Å². The van der Waals surface area contributed by atoms with Gasteiger partial charge in [-0.05, 0) is 18.4 Å². The number of sulfonamides is 1. The van der Waals surface area contributed by atoms with Crippen molar-refractivity contribution in [1.82, 2.24) is 24.5 Å². The van der Waals surface area contributed by atoms with Gasteiger partial charge in [0, 0.05) is 18.9 Å². The first kappa shape index (κ1) is 15.7. The highest BCUT2D eigenvalue weighted by Crippen LogP contribution is 2.39. The number of fused-ring (bicyclic) bond motifs is 1. The number of aromatic nitrogens is 4. The number of hydrogen-bond acceptors (Lipinski definition) is 6. The Morgan fingerprint density at radius 3 is 2.75 bits per heavy atom. The van der Waals surface area contributed by atoms with Crippen molar-refractivity contribution in [1.29, 1.82) is 0 Å². The molecule has 0 spiro atoms. The Hall–Kier alpha value is -1.84. The standard InChI is InChI=1S/C15H17N5O2S2/c21-24(22,10-11-4-2-1-3-5-11)16-9-8-13-19-20-14(12-6-7-12)17-18-15(20)23-13/h1-5,12,16H,6-10H2. The fourth-order valence-electron chi connectivity index (χ4n) is 2.53. The van der Waals surface area contributed by atoms with E-state index < -0.39 is 10.0 Å². The smallest absolute Gasteiger partial charge is 0.215 e. The molecule has 126 valence electrons. The van der Waals surface area contributed by atoms with E-state index in [2.05, 4.69) is 20.0 Å². The minimum atomic E-state index is -3.34. The van der Waals surface area contributed by atoms with Gasteiger partial charge in [-0.2, -0.15) is 9.61 Å². The average Bonchev–Trinajstić information content (AvgIpc) is 3.18. The number of nitrogens with zero attached hydrogens (tertiary/aromatic N) is 4. The molecular weight excluding hydrogens is 346 g/mol. The van der Waals surface area contributed by atoms with Crippen LogP contribution in [0.25, 0.3) is 4.96 Å². The summed E-state index contributed by atoms with van der Waals surface area (Å²) in [6.07, 6.45) is 2.84. The molecule has 1 aromatic carbocycles. The van der Waals surface area contributed by atoms with Gasteiger partial charge >= 0.3 is 0 Å². The maximum atomic E-state index is 12.1. The number of nitrogens with one attached hydrogen (secondary N) is 1. The van der Waals surface area contributed by atoms with Crippen LogP contribution in [0.5, 0.6) is 0 Å². The number of benzene rings is 1. The molecular formula is C15H17N5O2S2. The summed E-state index contributed by atoms with van der Waals surface area (Å²) in [4.78, 5) is 0.777. The van der Waals surface area contributed by atoms with Crippen molar-refractivity contribution in [2.75, 3.05) is 6.54 Å². The molecule has 1 saturated carbocycles. The molecule has 2 heterocycles. The lowest BCUT2D eigenvalue weighted by molar-refractivity contribution is 0.580. The maximum Gasteiger partial charge on any atom is 0.234 e. The zero-order valence-corrected chi connectivity index (χ0v) is 14.6. The fourth-order valence-corrected chi connectivity index (χ4v) is 4.51. The first-order valence-corrected chi connectivity index (χ1v) is 10.3. The summed E-state index contributed by atoms with van der Waals surface area (Å²) in [6, 6.07) is 9.15. The van der Waals surface area contributed by atoms with E-state index in [1.54, 1.807) is 4.52 Å². The second kappa shape index (κ2) is 6.23. The highest BCUT2D eigenvalue weighted by atomic mass is 32.2. The van der Waals surface area contributed by atoms with Crippen LogP contribution in [0.4, 0.5) is 0 Å². The third-order valence-electron chi connectivity index (χ3n) is 3.86. The minimum absolute atomic E-state index is 0.00915. The normalized spacial score (nSPS) is 15.2. The summed E-state index contributed by atoms with van der Waals surface area (Å²) in [5.41, 5.74) is 0.776. The lowest BCUT2D eigenvalue weighted by atomic mass is 10.2.